The number of benzene rings is 1. The summed E-state index contributed by atoms with van der Waals surface area (Å²) in [7, 11) is 0. The molecule has 5 heteroatoms. The standard InChI is InChI=1S/C16H16ClNO3/c1-9-12(16(19)20)3-2-4-13-14(18-21-15(9)13)10-5-7-11(17)8-6-10/h5-9,12H,2-4H2,1H3,(H,19,20)/t9-,12-/m1/s1. The van der Waals surface area contributed by atoms with Crippen molar-refractivity contribution in [2.75, 3.05) is 0 Å². The number of rotatable bonds is 2. The molecule has 1 aliphatic rings. The second-order valence-corrected chi connectivity index (χ2v) is 5.94. The van der Waals surface area contributed by atoms with Gasteiger partial charge in [0.1, 0.15) is 11.5 Å². The molecular formula is C16H16ClNO3. The van der Waals surface area contributed by atoms with Crippen LogP contribution in [-0.4, -0.2) is 16.2 Å². The van der Waals surface area contributed by atoms with E-state index in [1.54, 1.807) is 0 Å². The Hall–Kier alpha value is -1.81. The van der Waals surface area contributed by atoms with E-state index in [9.17, 15) is 9.90 Å². The summed E-state index contributed by atoms with van der Waals surface area (Å²) in [6, 6.07) is 7.45. The lowest BCUT2D eigenvalue weighted by molar-refractivity contribution is -0.142. The summed E-state index contributed by atoms with van der Waals surface area (Å²) in [5.41, 5.74) is 2.79. The quantitative estimate of drug-likeness (QED) is 0.847. The second-order valence-electron chi connectivity index (χ2n) is 5.51. The van der Waals surface area contributed by atoms with Crippen molar-refractivity contribution >= 4 is 17.6 Å². The van der Waals surface area contributed by atoms with Crippen LogP contribution in [-0.2, 0) is 11.2 Å². The number of aromatic nitrogens is 1. The Balaban J connectivity index is 2.03. The number of fused-ring (bicyclic) bond motifs is 1. The predicted molar refractivity (Wildman–Crippen MR) is 79.4 cm³/mol. The van der Waals surface area contributed by atoms with Gasteiger partial charge in [0.25, 0.3) is 0 Å². The summed E-state index contributed by atoms with van der Waals surface area (Å²) in [5.74, 6) is -0.615. The monoisotopic (exact) mass is 305 g/mol. The first kappa shape index (κ1) is 14.1. The van der Waals surface area contributed by atoms with Gasteiger partial charge in [-0.2, -0.15) is 0 Å². The van der Waals surface area contributed by atoms with E-state index in [4.69, 9.17) is 16.1 Å². The lowest BCUT2D eigenvalue weighted by Crippen LogP contribution is -2.19. The van der Waals surface area contributed by atoms with Gasteiger partial charge in [-0.05, 0) is 31.4 Å². The summed E-state index contributed by atoms with van der Waals surface area (Å²) in [5, 5.41) is 14.2. The highest BCUT2D eigenvalue weighted by molar-refractivity contribution is 6.30. The minimum Gasteiger partial charge on any atom is -0.481 e. The first-order valence-electron chi connectivity index (χ1n) is 7.05. The number of halogens is 1. The van der Waals surface area contributed by atoms with Crippen LogP contribution in [0, 0.1) is 5.92 Å². The van der Waals surface area contributed by atoms with Gasteiger partial charge in [-0.1, -0.05) is 35.8 Å². The van der Waals surface area contributed by atoms with E-state index in [-0.39, 0.29) is 5.92 Å². The van der Waals surface area contributed by atoms with Gasteiger partial charge >= 0.3 is 5.97 Å². The lowest BCUT2D eigenvalue weighted by Gasteiger charge is -2.14. The molecule has 0 amide bonds. The van der Waals surface area contributed by atoms with Crippen LogP contribution in [0.2, 0.25) is 5.02 Å². The Labute approximate surface area is 127 Å². The highest BCUT2D eigenvalue weighted by Crippen LogP contribution is 2.39. The summed E-state index contributed by atoms with van der Waals surface area (Å²) in [4.78, 5) is 11.4. The highest BCUT2D eigenvalue weighted by Gasteiger charge is 2.34. The summed E-state index contributed by atoms with van der Waals surface area (Å²) < 4.78 is 5.50. The van der Waals surface area contributed by atoms with Crippen molar-refractivity contribution in [1.29, 1.82) is 0 Å². The molecule has 3 rings (SSSR count). The number of carboxylic acid groups (broad SMARTS) is 1. The molecule has 0 saturated carbocycles. The number of carboxylic acids is 1. The topological polar surface area (TPSA) is 63.3 Å². The van der Waals surface area contributed by atoms with Crippen molar-refractivity contribution in [2.45, 2.75) is 32.1 Å². The minimum absolute atomic E-state index is 0.159. The van der Waals surface area contributed by atoms with Crippen molar-refractivity contribution in [3.63, 3.8) is 0 Å². The minimum atomic E-state index is -0.764. The third-order valence-electron chi connectivity index (χ3n) is 4.21. The van der Waals surface area contributed by atoms with E-state index in [0.717, 1.165) is 29.7 Å². The smallest absolute Gasteiger partial charge is 0.307 e. The van der Waals surface area contributed by atoms with Crippen LogP contribution in [0.15, 0.2) is 28.8 Å². The molecular weight excluding hydrogens is 290 g/mol. The molecule has 0 bridgehead atoms. The highest BCUT2D eigenvalue weighted by atomic mass is 35.5. The Morgan fingerprint density at radius 3 is 2.76 bits per heavy atom. The molecule has 0 aliphatic heterocycles. The fourth-order valence-corrected chi connectivity index (χ4v) is 3.15. The molecule has 0 radical (unpaired) electrons. The molecule has 4 nitrogen and oxygen atoms in total. The molecule has 0 spiro atoms. The first-order chi connectivity index (χ1) is 10.1. The number of carbonyl (C=O) groups is 1. The summed E-state index contributed by atoms with van der Waals surface area (Å²) >= 11 is 5.91. The van der Waals surface area contributed by atoms with Gasteiger partial charge in [-0.3, -0.25) is 4.79 Å². The van der Waals surface area contributed by atoms with Crippen molar-refractivity contribution in [2.24, 2.45) is 5.92 Å². The van der Waals surface area contributed by atoms with Crippen LogP contribution in [0.4, 0.5) is 0 Å². The van der Waals surface area contributed by atoms with Crippen LogP contribution in [0.25, 0.3) is 11.3 Å². The lowest BCUT2D eigenvalue weighted by atomic mass is 9.89. The molecule has 0 saturated heterocycles. The van der Waals surface area contributed by atoms with Gasteiger partial charge in [-0.25, -0.2) is 0 Å². The molecule has 2 aromatic rings. The van der Waals surface area contributed by atoms with Crippen LogP contribution in [0.1, 0.15) is 37.0 Å². The van der Waals surface area contributed by atoms with Crippen LogP contribution < -0.4 is 0 Å². The zero-order valence-electron chi connectivity index (χ0n) is 11.7. The van der Waals surface area contributed by atoms with E-state index in [2.05, 4.69) is 5.16 Å². The molecule has 110 valence electrons. The third kappa shape index (κ3) is 2.56. The van der Waals surface area contributed by atoms with Gasteiger partial charge in [0, 0.05) is 22.1 Å². The van der Waals surface area contributed by atoms with Crippen molar-refractivity contribution in [3.8, 4) is 11.3 Å². The molecule has 1 N–H and O–H groups in total. The fraction of sp³-hybridized carbons (Fsp3) is 0.375. The van der Waals surface area contributed by atoms with Gasteiger partial charge in [0.05, 0.1) is 5.92 Å². The largest absolute Gasteiger partial charge is 0.481 e. The fourth-order valence-electron chi connectivity index (χ4n) is 3.02. The molecule has 0 unspecified atom stereocenters. The zero-order chi connectivity index (χ0) is 15.0. The number of hydrogen-bond acceptors (Lipinski definition) is 3. The SMILES string of the molecule is C[C@H]1c2onc(-c3ccc(Cl)cc3)c2CCC[C@H]1C(=O)O. The Kier molecular flexibility index (Phi) is 3.72. The predicted octanol–water partition coefficient (Wildman–Crippen LogP) is 4.14. The molecule has 21 heavy (non-hydrogen) atoms. The first-order valence-corrected chi connectivity index (χ1v) is 7.43. The maximum atomic E-state index is 11.4. The maximum absolute atomic E-state index is 11.4. The van der Waals surface area contributed by atoms with E-state index in [0.29, 0.717) is 17.2 Å². The van der Waals surface area contributed by atoms with E-state index in [1.165, 1.54) is 0 Å². The number of hydrogen-bond donors (Lipinski definition) is 1. The maximum Gasteiger partial charge on any atom is 0.307 e. The summed E-state index contributed by atoms with van der Waals surface area (Å²) in [6.45, 7) is 1.90. The van der Waals surface area contributed by atoms with E-state index < -0.39 is 11.9 Å². The molecule has 0 fully saturated rings. The van der Waals surface area contributed by atoms with Crippen molar-refractivity contribution in [3.05, 3.63) is 40.6 Å². The van der Waals surface area contributed by atoms with Gasteiger partial charge in [0.15, 0.2) is 0 Å². The van der Waals surface area contributed by atoms with E-state index in [1.807, 2.05) is 31.2 Å². The molecule has 1 aromatic carbocycles. The van der Waals surface area contributed by atoms with Crippen molar-refractivity contribution < 1.29 is 14.4 Å². The Morgan fingerprint density at radius 1 is 1.38 bits per heavy atom. The average Bonchev–Trinajstić information content (AvgIpc) is 2.80. The Morgan fingerprint density at radius 2 is 2.10 bits per heavy atom. The van der Waals surface area contributed by atoms with Gasteiger partial charge in [0.2, 0.25) is 0 Å². The molecule has 2 atom stereocenters. The zero-order valence-corrected chi connectivity index (χ0v) is 12.4. The van der Waals surface area contributed by atoms with Gasteiger partial charge < -0.3 is 9.63 Å². The van der Waals surface area contributed by atoms with Gasteiger partial charge in [-0.15, -0.1) is 0 Å². The average molecular weight is 306 g/mol. The summed E-state index contributed by atoms with van der Waals surface area (Å²) in [6.07, 6.45) is 2.29. The second kappa shape index (κ2) is 5.53. The third-order valence-corrected chi connectivity index (χ3v) is 4.46. The van der Waals surface area contributed by atoms with Crippen LogP contribution >= 0.6 is 11.6 Å². The van der Waals surface area contributed by atoms with Crippen LogP contribution in [0.3, 0.4) is 0 Å². The number of aliphatic carboxylic acids is 1. The molecule has 1 aliphatic carbocycles. The normalized spacial score (nSPS) is 21.6. The Bertz CT molecular complexity index is 663. The van der Waals surface area contributed by atoms with E-state index >= 15 is 0 Å². The van der Waals surface area contributed by atoms with Crippen LogP contribution in [0.5, 0.6) is 0 Å². The molecule has 1 heterocycles. The molecule has 1 aromatic heterocycles. The number of nitrogens with zero attached hydrogens (tertiary/aromatic N) is 1. The van der Waals surface area contributed by atoms with Crippen molar-refractivity contribution in [1.82, 2.24) is 5.16 Å².